The molecule has 0 bridgehead atoms. The molecule has 0 spiro atoms. The van der Waals surface area contributed by atoms with Gasteiger partial charge in [0.1, 0.15) is 0 Å². The SMILES string of the molecule is CC.Cc1cc(Nc2nccnc2Nc2ccccc2)cc(C)c1-c1ccncc1. The van der Waals surface area contributed by atoms with Gasteiger partial charge in [-0.15, -0.1) is 0 Å². The first kappa shape index (κ1) is 21.0. The zero-order valence-corrected chi connectivity index (χ0v) is 17.8. The van der Waals surface area contributed by atoms with E-state index in [1.165, 1.54) is 22.3 Å². The predicted molar refractivity (Wildman–Crippen MR) is 126 cm³/mol. The normalized spacial score (nSPS) is 10.0. The average Bonchev–Trinajstić information content (AvgIpc) is 2.78. The Morgan fingerprint density at radius 1 is 0.633 bits per heavy atom. The quantitative estimate of drug-likeness (QED) is 0.394. The van der Waals surface area contributed by atoms with Gasteiger partial charge in [-0.25, -0.2) is 9.97 Å². The molecule has 0 amide bonds. The summed E-state index contributed by atoms with van der Waals surface area (Å²) in [5.74, 6) is 1.36. The van der Waals surface area contributed by atoms with Crippen LogP contribution in [0, 0.1) is 13.8 Å². The number of benzene rings is 2. The van der Waals surface area contributed by atoms with Crippen molar-refractivity contribution in [3.8, 4) is 11.1 Å². The summed E-state index contributed by atoms with van der Waals surface area (Å²) >= 11 is 0. The number of anilines is 4. The van der Waals surface area contributed by atoms with E-state index < -0.39 is 0 Å². The van der Waals surface area contributed by atoms with E-state index in [1.807, 2.05) is 68.7 Å². The Bertz CT molecular complexity index is 1060. The summed E-state index contributed by atoms with van der Waals surface area (Å²) < 4.78 is 0. The molecule has 0 radical (unpaired) electrons. The van der Waals surface area contributed by atoms with Crippen LogP contribution >= 0.6 is 0 Å². The molecule has 2 aromatic heterocycles. The average molecular weight is 398 g/mol. The van der Waals surface area contributed by atoms with Crippen molar-refractivity contribution in [2.45, 2.75) is 27.7 Å². The van der Waals surface area contributed by atoms with Gasteiger partial charge in [0.25, 0.3) is 0 Å². The van der Waals surface area contributed by atoms with Crippen molar-refractivity contribution in [1.29, 1.82) is 0 Å². The minimum absolute atomic E-state index is 0.682. The van der Waals surface area contributed by atoms with E-state index in [0.29, 0.717) is 11.6 Å². The first-order valence-electron chi connectivity index (χ1n) is 10.1. The Kier molecular flexibility index (Phi) is 7.11. The van der Waals surface area contributed by atoms with Gasteiger partial charge in [-0.1, -0.05) is 32.0 Å². The second kappa shape index (κ2) is 10.2. The summed E-state index contributed by atoms with van der Waals surface area (Å²) in [6.45, 7) is 8.24. The van der Waals surface area contributed by atoms with Crippen molar-refractivity contribution in [2.75, 3.05) is 10.6 Å². The van der Waals surface area contributed by atoms with Gasteiger partial charge in [0.2, 0.25) is 0 Å². The molecule has 5 nitrogen and oxygen atoms in total. The Hall–Kier alpha value is -3.73. The number of rotatable bonds is 5. The summed E-state index contributed by atoms with van der Waals surface area (Å²) in [5.41, 5.74) is 6.72. The van der Waals surface area contributed by atoms with Crippen molar-refractivity contribution in [2.24, 2.45) is 0 Å². The summed E-state index contributed by atoms with van der Waals surface area (Å²) in [6.07, 6.45) is 7.01. The molecule has 0 saturated heterocycles. The van der Waals surface area contributed by atoms with Crippen LogP contribution in [0.2, 0.25) is 0 Å². The fourth-order valence-electron chi connectivity index (χ4n) is 3.33. The number of aryl methyl sites for hydroxylation is 2. The van der Waals surface area contributed by atoms with Crippen LogP contribution in [-0.2, 0) is 0 Å². The lowest BCUT2D eigenvalue weighted by Crippen LogP contribution is -2.02. The molecule has 5 heteroatoms. The monoisotopic (exact) mass is 397 g/mol. The van der Waals surface area contributed by atoms with Gasteiger partial charge in [-0.05, 0) is 72.5 Å². The lowest BCUT2D eigenvalue weighted by atomic mass is 9.96. The van der Waals surface area contributed by atoms with Crippen molar-refractivity contribution in [1.82, 2.24) is 15.0 Å². The van der Waals surface area contributed by atoms with Gasteiger partial charge in [-0.3, -0.25) is 4.98 Å². The highest BCUT2D eigenvalue weighted by molar-refractivity contribution is 5.77. The van der Waals surface area contributed by atoms with Crippen molar-refractivity contribution >= 4 is 23.0 Å². The highest BCUT2D eigenvalue weighted by atomic mass is 15.1. The van der Waals surface area contributed by atoms with E-state index in [4.69, 9.17) is 0 Å². The third kappa shape index (κ3) is 5.00. The van der Waals surface area contributed by atoms with Crippen LogP contribution in [-0.4, -0.2) is 15.0 Å². The molecule has 30 heavy (non-hydrogen) atoms. The van der Waals surface area contributed by atoms with Crippen molar-refractivity contribution < 1.29 is 0 Å². The third-order valence-electron chi connectivity index (χ3n) is 4.50. The lowest BCUT2D eigenvalue weighted by molar-refractivity contribution is 1.19. The van der Waals surface area contributed by atoms with Crippen LogP contribution in [0.15, 0.2) is 79.4 Å². The van der Waals surface area contributed by atoms with Crippen LogP contribution in [0.5, 0.6) is 0 Å². The maximum atomic E-state index is 4.47. The fourth-order valence-corrected chi connectivity index (χ4v) is 3.33. The third-order valence-corrected chi connectivity index (χ3v) is 4.50. The van der Waals surface area contributed by atoms with E-state index in [9.17, 15) is 0 Å². The maximum Gasteiger partial charge on any atom is 0.173 e. The molecular formula is C25H27N5. The smallest absolute Gasteiger partial charge is 0.173 e. The molecule has 0 unspecified atom stereocenters. The summed E-state index contributed by atoms with van der Waals surface area (Å²) in [5, 5.41) is 6.72. The zero-order valence-electron chi connectivity index (χ0n) is 17.8. The zero-order chi connectivity index (χ0) is 21.3. The molecule has 0 atom stereocenters. The van der Waals surface area contributed by atoms with Crippen LogP contribution < -0.4 is 10.6 Å². The van der Waals surface area contributed by atoms with Gasteiger partial charge in [0.05, 0.1) is 0 Å². The van der Waals surface area contributed by atoms with Gasteiger partial charge in [0, 0.05) is 36.2 Å². The molecule has 0 aliphatic heterocycles. The van der Waals surface area contributed by atoms with Gasteiger partial charge in [-0.2, -0.15) is 0 Å². The molecule has 4 rings (SSSR count). The van der Waals surface area contributed by atoms with Crippen molar-refractivity contribution in [3.05, 3.63) is 90.5 Å². The Labute approximate surface area is 178 Å². The molecule has 0 fully saturated rings. The number of hydrogen-bond donors (Lipinski definition) is 2. The first-order chi connectivity index (χ1) is 14.7. The molecule has 2 heterocycles. The van der Waals surface area contributed by atoms with Crippen molar-refractivity contribution in [3.63, 3.8) is 0 Å². The summed E-state index contributed by atoms with van der Waals surface area (Å²) in [4.78, 5) is 13.0. The van der Waals surface area contributed by atoms with Crippen LogP contribution in [0.4, 0.5) is 23.0 Å². The lowest BCUT2D eigenvalue weighted by Gasteiger charge is -2.15. The van der Waals surface area contributed by atoms with E-state index in [-0.39, 0.29) is 0 Å². The predicted octanol–water partition coefficient (Wildman–Crippen LogP) is 6.67. The second-order valence-corrected chi connectivity index (χ2v) is 6.59. The Balaban J connectivity index is 0.00000124. The Morgan fingerprint density at radius 2 is 1.17 bits per heavy atom. The molecular weight excluding hydrogens is 370 g/mol. The number of aromatic nitrogens is 3. The molecule has 0 aliphatic carbocycles. The highest BCUT2D eigenvalue weighted by Crippen LogP contribution is 2.31. The largest absolute Gasteiger partial charge is 0.337 e. The number of pyridine rings is 1. The molecule has 152 valence electrons. The minimum Gasteiger partial charge on any atom is -0.337 e. The van der Waals surface area contributed by atoms with Gasteiger partial charge >= 0.3 is 0 Å². The Morgan fingerprint density at radius 3 is 1.73 bits per heavy atom. The van der Waals surface area contributed by atoms with Crippen LogP contribution in [0.1, 0.15) is 25.0 Å². The first-order valence-corrected chi connectivity index (χ1v) is 10.1. The minimum atomic E-state index is 0.682. The number of nitrogens with zero attached hydrogens (tertiary/aromatic N) is 3. The summed E-state index contributed by atoms with van der Waals surface area (Å²) in [6, 6.07) is 18.3. The molecule has 0 aliphatic rings. The standard InChI is InChI=1S/C23H21N5.C2H6/c1-16-14-20(15-17(2)21(16)18-8-10-24-11-9-18)28-23-22(25-12-13-26-23)27-19-6-4-3-5-7-19;1-2/h3-15H,1-2H3,(H,25,27)(H,26,28);1-2H3. The number of para-hydroxylation sites is 1. The van der Waals surface area contributed by atoms with E-state index in [2.05, 4.69) is 51.6 Å². The van der Waals surface area contributed by atoms with E-state index >= 15 is 0 Å². The second-order valence-electron chi connectivity index (χ2n) is 6.59. The molecule has 2 aromatic carbocycles. The van der Waals surface area contributed by atoms with Crippen LogP contribution in [0.25, 0.3) is 11.1 Å². The van der Waals surface area contributed by atoms with Gasteiger partial charge < -0.3 is 10.6 Å². The van der Waals surface area contributed by atoms with Crippen LogP contribution in [0.3, 0.4) is 0 Å². The van der Waals surface area contributed by atoms with E-state index in [1.54, 1.807) is 12.4 Å². The topological polar surface area (TPSA) is 62.7 Å². The number of nitrogens with one attached hydrogen (secondary N) is 2. The summed E-state index contributed by atoms with van der Waals surface area (Å²) in [7, 11) is 0. The van der Waals surface area contributed by atoms with E-state index in [0.717, 1.165) is 11.4 Å². The molecule has 0 saturated carbocycles. The molecule has 2 N–H and O–H groups in total. The fraction of sp³-hybridized carbons (Fsp3) is 0.160. The maximum absolute atomic E-state index is 4.47. The highest BCUT2D eigenvalue weighted by Gasteiger charge is 2.10. The molecule has 4 aromatic rings. The number of hydrogen-bond acceptors (Lipinski definition) is 5. The van der Waals surface area contributed by atoms with Gasteiger partial charge in [0.15, 0.2) is 11.6 Å².